The summed E-state index contributed by atoms with van der Waals surface area (Å²) in [7, 11) is 0. The molecule has 0 aliphatic rings. The molecule has 0 saturated heterocycles. The van der Waals surface area contributed by atoms with Crippen molar-refractivity contribution in [2.75, 3.05) is 19.6 Å². The van der Waals surface area contributed by atoms with Crippen LogP contribution in [0.25, 0.3) is 0 Å². The maximum absolute atomic E-state index is 11.3. The minimum absolute atomic E-state index is 0.0338. The van der Waals surface area contributed by atoms with E-state index in [0.717, 1.165) is 12.8 Å². The van der Waals surface area contributed by atoms with E-state index in [1.54, 1.807) is 20.8 Å². The Morgan fingerprint density at radius 2 is 1.45 bits per heavy atom. The predicted octanol–water partition coefficient (Wildman–Crippen LogP) is 0.995. The topological polar surface area (TPSA) is 114 Å². The summed E-state index contributed by atoms with van der Waals surface area (Å²) >= 11 is 0. The Hall–Kier alpha value is -2.12. The Balaban J connectivity index is 0. The van der Waals surface area contributed by atoms with Gasteiger partial charge in [0.2, 0.25) is 0 Å². The molecule has 0 aliphatic carbocycles. The summed E-state index contributed by atoms with van der Waals surface area (Å²) in [6.45, 7) is 9.82. The van der Waals surface area contributed by atoms with Crippen LogP contribution in [0.15, 0.2) is 0 Å². The van der Waals surface area contributed by atoms with Crippen molar-refractivity contribution in [1.29, 1.82) is 0 Å². The van der Waals surface area contributed by atoms with Gasteiger partial charge in [0.15, 0.2) is 0 Å². The zero-order valence-electron chi connectivity index (χ0n) is 13.8. The SMILES string of the molecule is C=O.CC(=O)CNC(=O)NCCCCNC(=O)OC(C)(C)C. The largest absolute Gasteiger partial charge is 0.444 e. The summed E-state index contributed by atoms with van der Waals surface area (Å²) in [5.74, 6) is -0.0956. The Kier molecular flexibility index (Phi) is 12.7. The van der Waals surface area contributed by atoms with Crippen molar-refractivity contribution in [3.05, 3.63) is 0 Å². The maximum atomic E-state index is 11.3. The van der Waals surface area contributed by atoms with E-state index in [-0.39, 0.29) is 18.4 Å². The maximum Gasteiger partial charge on any atom is 0.407 e. The van der Waals surface area contributed by atoms with Crippen LogP contribution in [0.2, 0.25) is 0 Å². The van der Waals surface area contributed by atoms with Gasteiger partial charge in [-0.15, -0.1) is 0 Å². The van der Waals surface area contributed by atoms with Crippen LogP contribution >= 0.6 is 0 Å². The number of hydrogen-bond acceptors (Lipinski definition) is 5. The van der Waals surface area contributed by atoms with E-state index < -0.39 is 11.7 Å². The summed E-state index contributed by atoms with van der Waals surface area (Å²) in [6, 6.07) is -0.361. The number of carbonyl (C=O) groups is 4. The van der Waals surface area contributed by atoms with Crippen molar-refractivity contribution in [3.63, 3.8) is 0 Å². The van der Waals surface area contributed by atoms with Crippen LogP contribution in [-0.4, -0.2) is 49.9 Å². The van der Waals surface area contributed by atoms with Gasteiger partial charge in [0.1, 0.15) is 18.2 Å². The molecule has 8 nitrogen and oxygen atoms in total. The smallest absolute Gasteiger partial charge is 0.407 e. The second-order valence-corrected chi connectivity index (χ2v) is 5.45. The highest BCUT2D eigenvalue weighted by Gasteiger charge is 2.15. The first-order valence-electron chi connectivity index (χ1n) is 6.97. The molecule has 0 rings (SSSR count). The molecule has 0 aromatic carbocycles. The lowest BCUT2D eigenvalue weighted by Gasteiger charge is -2.19. The Bertz CT molecular complexity index is 353. The standard InChI is InChI=1S/C13H25N3O4.CH2O/c1-10(17)9-16-11(18)14-7-5-6-8-15-12(19)20-13(2,3)4;1-2/h5-9H2,1-4H3,(H,15,19)(H2,14,16,18);1H2. The molecule has 0 bridgehead atoms. The van der Waals surface area contributed by atoms with Crippen molar-refractivity contribution in [3.8, 4) is 0 Å². The lowest BCUT2D eigenvalue weighted by Crippen LogP contribution is -2.38. The average molecular weight is 317 g/mol. The van der Waals surface area contributed by atoms with E-state index in [2.05, 4.69) is 16.0 Å². The zero-order valence-corrected chi connectivity index (χ0v) is 13.8. The molecule has 0 heterocycles. The number of rotatable bonds is 7. The van der Waals surface area contributed by atoms with E-state index in [1.165, 1.54) is 6.92 Å². The highest BCUT2D eigenvalue weighted by atomic mass is 16.6. The van der Waals surface area contributed by atoms with Crippen molar-refractivity contribution in [2.45, 2.75) is 46.1 Å². The van der Waals surface area contributed by atoms with Crippen molar-refractivity contribution < 1.29 is 23.9 Å². The quantitative estimate of drug-likeness (QED) is 0.606. The normalized spacial score (nSPS) is 9.82. The van der Waals surface area contributed by atoms with Crippen molar-refractivity contribution >= 4 is 24.7 Å². The Morgan fingerprint density at radius 3 is 1.91 bits per heavy atom. The number of unbranched alkanes of at least 4 members (excludes halogenated alkanes) is 1. The Morgan fingerprint density at radius 1 is 0.955 bits per heavy atom. The second-order valence-electron chi connectivity index (χ2n) is 5.45. The lowest BCUT2D eigenvalue weighted by molar-refractivity contribution is -0.116. The molecule has 0 atom stereocenters. The molecule has 0 unspecified atom stereocenters. The van der Waals surface area contributed by atoms with Crippen LogP contribution in [0, 0.1) is 0 Å². The highest BCUT2D eigenvalue weighted by molar-refractivity contribution is 5.83. The van der Waals surface area contributed by atoms with Gasteiger partial charge in [-0.05, 0) is 40.5 Å². The number of alkyl carbamates (subject to hydrolysis) is 1. The van der Waals surface area contributed by atoms with Gasteiger partial charge in [-0.25, -0.2) is 9.59 Å². The minimum Gasteiger partial charge on any atom is -0.444 e. The van der Waals surface area contributed by atoms with Gasteiger partial charge < -0.3 is 25.5 Å². The number of ether oxygens (including phenoxy) is 1. The van der Waals surface area contributed by atoms with Crippen LogP contribution in [0.1, 0.15) is 40.5 Å². The van der Waals surface area contributed by atoms with Crippen molar-refractivity contribution in [1.82, 2.24) is 16.0 Å². The van der Waals surface area contributed by atoms with E-state index >= 15 is 0 Å². The molecule has 22 heavy (non-hydrogen) atoms. The number of nitrogens with one attached hydrogen (secondary N) is 3. The predicted molar refractivity (Wildman–Crippen MR) is 82.7 cm³/mol. The molecule has 128 valence electrons. The van der Waals surface area contributed by atoms with Gasteiger partial charge in [-0.3, -0.25) is 4.79 Å². The molecule has 0 radical (unpaired) electrons. The van der Waals surface area contributed by atoms with Crippen LogP contribution < -0.4 is 16.0 Å². The number of amides is 3. The molecule has 3 N–H and O–H groups in total. The lowest BCUT2D eigenvalue weighted by atomic mass is 10.2. The molecule has 0 saturated carbocycles. The first kappa shape index (κ1) is 22.2. The molecule has 0 spiro atoms. The highest BCUT2D eigenvalue weighted by Crippen LogP contribution is 2.06. The molecule has 0 aliphatic heterocycles. The van der Waals surface area contributed by atoms with Crippen LogP contribution in [0.5, 0.6) is 0 Å². The molecular weight excluding hydrogens is 290 g/mol. The van der Waals surface area contributed by atoms with Crippen LogP contribution in [0.4, 0.5) is 9.59 Å². The fraction of sp³-hybridized carbons (Fsp3) is 0.714. The Labute approximate surface area is 131 Å². The summed E-state index contributed by atoms with van der Waals surface area (Å²) < 4.78 is 5.08. The van der Waals surface area contributed by atoms with Gasteiger partial charge in [0.05, 0.1) is 6.54 Å². The number of carbonyl (C=O) groups excluding carboxylic acids is 4. The van der Waals surface area contributed by atoms with Crippen LogP contribution in [-0.2, 0) is 14.3 Å². The molecule has 8 heteroatoms. The molecule has 0 aromatic heterocycles. The van der Waals surface area contributed by atoms with Crippen molar-refractivity contribution in [2.24, 2.45) is 0 Å². The van der Waals surface area contributed by atoms with Crippen LogP contribution in [0.3, 0.4) is 0 Å². The average Bonchev–Trinajstić information content (AvgIpc) is 2.40. The molecule has 0 aromatic rings. The molecular formula is C14H27N3O5. The summed E-state index contributed by atoms with van der Waals surface area (Å²) in [6.07, 6.45) is 1.01. The van der Waals surface area contributed by atoms with Gasteiger partial charge in [0, 0.05) is 13.1 Å². The summed E-state index contributed by atoms with van der Waals surface area (Å²) in [5, 5.41) is 7.68. The third-order valence-corrected chi connectivity index (χ3v) is 2.06. The van der Waals surface area contributed by atoms with E-state index in [0.29, 0.717) is 13.1 Å². The fourth-order valence-electron chi connectivity index (χ4n) is 1.22. The first-order chi connectivity index (χ1) is 10.2. The first-order valence-corrected chi connectivity index (χ1v) is 6.97. The minimum atomic E-state index is -0.500. The van der Waals surface area contributed by atoms with Gasteiger partial charge >= 0.3 is 12.1 Å². The van der Waals surface area contributed by atoms with Gasteiger partial charge in [0.25, 0.3) is 0 Å². The van der Waals surface area contributed by atoms with Gasteiger partial charge in [-0.2, -0.15) is 0 Å². The van der Waals surface area contributed by atoms with Gasteiger partial charge in [-0.1, -0.05) is 0 Å². The molecule has 0 fully saturated rings. The summed E-state index contributed by atoms with van der Waals surface area (Å²) in [5.41, 5.74) is -0.500. The number of urea groups is 1. The molecule has 3 amide bonds. The third kappa shape index (κ3) is 17.9. The van der Waals surface area contributed by atoms with E-state index in [4.69, 9.17) is 9.53 Å². The van der Waals surface area contributed by atoms with E-state index in [1.807, 2.05) is 6.79 Å². The summed E-state index contributed by atoms with van der Waals surface area (Å²) in [4.78, 5) is 41.1. The fourth-order valence-corrected chi connectivity index (χ4v) is 1.22. The second kappa shape index (κ2) is 12.6. The van der Waals surface area contributed by atoms with E-state index in [9.17, 15) is 14.4 Å². The number of ketones is 1. The number of Topliss-reactive ketones (excluding diaryl/α,β-unsaturated/α-hetero) is 1. The zero-order chi connectivity index (χ0) is 17.6. The third-order valence-electron chi connectivity index (χ3n) is 2.06. The number of hydrogen-bond donors (Lipinski definition) is 3. The monoisotopic (exact) mass is 317 g/mol.